The average Bonchev–Trinajstić information content (AvgIpc) is 3.46. The second kappa shape index (κ2) is 9.90. The molecule has 0 aliphatic heterocycles. The fourth-order valence-corrected chi connectivity index (χ4v) is 3.39. The third-order valence-corrected chi connectivity index (χ3v) is 5.05. The third kappa shape index (κ3) is 4.69. The van der Waals surface area contributed by atoms with E-state index in [4.69, 9.17) is 14.0 Å². The van der Waals surface area contributed by atoms with Gasteiger partial charge < -0.3 is 9.47 Å². The molecule has 0 unspecified atom stereocenters. The number of hydrogen-bond donors (Lipinski definition) is 0. The van der Waals surface area contributed by atoms with E-state index in [1.54, 1.807) is 31.1 Å². The van der Waals surface area contributed by atoms with E-state index < -0.39 is 5.76 Å². The molecule has 0 N–H and O–H groups in total. The van der Waals surface area contributed by atoms with E-state index >= 15 is 0 Å². The fourth-order valence-electron chi connectivity index (χ4n) is 3.39. The van der Waals surface area contributed by atoms with Crippen molar-refractivity contribution in [1.82, 2.24) is 29.9 Å². The van der Waals surface area contributed by atoms with Crippen LogP contribution in [0.4, 0.5) is 0 Å². The summed E-state index contributed by atoms with van der Waals surface area (Å²) in [4.78, 5) is 13.8. The number of aromatic nitrogens is 6. The number of rotatable bonds is 10. The SMILES string of the molecule is COc1ccc(-c2noc(=O)n2CCCCCn2nnc(-c3ccccc3)n2)cc1OC. The molecular weight excluding hydrogens is 412 g/mol. The normalized spacial score (nSPS) is 10.9. The Morgan fingerprint density at radius 3 is 2.47 bits per heavy atom. The number of unbranched alkanes of at least 4 members (excludes halogenated alkanes) is 2. The van der Waals surface area contributed by atoms with Gasteiger partial charge in [0.15, 0.2) is 17.3 Å². The van der Waals surface area contributed by atoms with E-state index in [9.17, 15) is 4.79 Å². The summed E-state index contributed by atoms with van der Waals surface area (Å²) < 4.78 is 17.0. The van der Waals surface area contributed by atoms with E-state index in [1.165, 1.54) is 4.57 Å². The van der Waals surface area contributed by atoms with Crippen molar-refractivity contribution in [2.75, 3.05) is 14.2 Å². The van der Waals surface area contributed by atoms with Gasteiger partial charge in [0.05, 0.1) is 20.8 Å². The number of benzene rings is 2. The molecule has 2 aromatic carbocycles. The van der Waals surface area contributed by atoms with Crippen LogP contribution in [0.15, 0.2) is 57.8 Å². The zero-order chi connectivity index (χ0) is 22.3. The predicted octanol–water partition coefficient (Wildman–Crippen LogP) is 3.04. The lowest BCUT2D eigenvalue weighted by Crippen LogP contribution is -2.15. The fraction of sp³-hybridized carbons (Fsp3) is 0.318. The molecule has 2 aromatic heterocycles. The quantitative estimate of drug-likeness (QED) is 0.349. The Hall–Kier alpha value is -3.95. The molecule has 0 aliphatic carbocycles. The van der Waals surface area contributed by atoms with E-state index in [-0.39, 0.29) is 0 Å². The maximum Gasteiger partial charge on any atom is 0.441 e. The Bertz CT molecular complexity index is 1210. The Morgan fingerprint density at radius 2 is 1.69 bits per heavy atom. The van der Waals surface area contributed by atoms with E-state index in [0.717, 1.165) is 24.8 Å². The summed E-state index contributed by atoms with van der Waals surface area (Å²) in [5, 5.41) is 16.6. The van der Waals surface area contributed by atoms with Crippen LogP contribution in [0, 0.1) is 0 Å². The molecule has 4 aromatic rings. The summed E-state index contributed by atoms with van der Waals surface area (Å²) >= 11 is 0. The van der Waals surface area contributed by atoms with Crippen molar-refractivity contribution in [3.8, 4) is 34.3 Å². The van der Waals surface area contributed by atoms with Crippen molar-refractivity contribution in [2.45, 2.75) is 32.4 Å². The zero-order valence-corrected chi connectivity index (χ0v) is 18.0. The molecule has 0 spiro atoms. The lowest BCUT2D eigenvalue weighted by Gasteiger charge is -2.09. The van der Waals surface area contributed by atoms with Gasteiger partial charge in [0.25, 0.3) is 0 Å². The first-order valence-electron chi connectivity index (χ1n) is 10.3. The van der Waals surface area contributed by atoms with Gasteiger partial charge in [-0.25, -0.2) is 4.79 Å². The van der Waals surface area contributed by atoms with E-state index in [1.807, 2.05) is 36.4 Å². The summed E-state index contributed by atoms with van der Waals surface area (Å²) in [6.45, 7) is 1.15. The van der Waals surface area contributed by atoms with Gasteiger partial charge in [0.1, 0.15) is 0 Å². The Labute approximate surface area is 184 Å². The summed E-state index contributed by atoms with van der Waals surface area (Å²) in [7, 11) is 3.13. The molecule has 0 saturated heterocycles. The van der Waals surface area contributed by atoms with Crippen LogP contribution in [-0.2, 0) is 13.1 Å². The number of methoxy groups -OCH3 is 2. The van der Waals surface area contributed by atoms with Crippen LogP contribution < -0.4 is 15.2 Å². The second-order valence-corrected chi connectivity index (χ2v) is 7.13. The van der Waals surface area contributed by atoms with Gasteiger partial charge in [-0.3, -0.25) is 9.09 Å². The Morgan fingerprint density at radius 1 is 0.906 bits per heavy atom. The lowest BCUT2D eigenvalue weighted by atomic mass is 10.2. The number of hydrogen-bond acceptors (Lipinski definition) is 8. The summed E-state index contributed by atoms with van der Waals surface area (Å²) in [6, 6.07) is 15.1. The average molecular weight is 436 g/mol. The highest BCUT2D eigenvalue weighted by molar-refractivity contribution is 5.61. The first-order chi connectivity index (χ1) is 15.7. The van der Waals surface area contributed by atoms with Crippen LogP contribution in [0.25, 0.3) is 22.8 Å². The molecule has 0 bridgehead atoms. The second-order valence-electron chi connectivity index (χ2n) is 7.13. The molecule has 4 rings (SSSR count). The van der Waals surface area contributed by atoms with Crippen LogP contribution in [0.3, 0.4) is 0 Å². The highest BCUT2D eigenvalue weighted by Crippen LogP contribution is 2.31. The highest BCUT2D eigenvalue weighted by Gasteiger charge is 2.15. The minimum Gasteiger partial charge on any atom is -0.493 e. The van der Waals surface area contributed by atoms with Crippen molar-refractivity contribution in [3.05, 3.63) is 59.1 Å². The monoisotopic (exact) mass is 436 g/mol. The maximum absolute atomic E-state index is 12.2. The molecule has 10 nitrogen and oxygen atoms in total. The number of tetrazole rings is 1. The smallest absolute Gasteiger partial charge is 0.441 e. The standard InChI is InChI=1S/C22H24N6O4/c1-30-18-12-11-17(15-19(18)31-2)21-25-32-22(29)27(21)13-7-4-8-14-28-24-20(23-26-28)16-9-5-3-6-10-16/h3,5-6,9-12,15H,4,7-8,13-14H2,1-2H3. The summed E-state index contributed by atoms with van der Waals surface area (Å²) in [5.74, 6) is 1.75. The van der Waals surface area contributed by atoms with Crippen molar-refractivity contribution in [3.63, 3.8) is 0 Å². The zero-order valence-electron chi connectivity index (χ0n) is 18.0. The molecule has 0 aliphatic rings. The van der Waals surface area contributed by atoms with Gasteiger partial charge >= 0.3 is 5.76 Å². The first-order valence-corrected chi connectivity index (χ1v) is 10.3. The van der Waals surface area contributed by atoms with Crippen molar-refractivity contribution < 1.29 is 14.0 Å². The molecule has 0 fully saturated rings. The molecule has 2 heterocycles. The van der Waals surface area contributed by atoms with Gasteiger partial charge in [-0.05, 0) is 42.7 Å². The van der Waals surface area contributed by atoms with Crippen LogP contribution >= 0.6 is 0 Å². The molecule has 10 heteroatoms. The molecule has 0 saturated carbocycles. The summed E-state index contributed by atoms with van der Waals surface area (Å²) in [5.41, 5.74) is 1.65. The van der Waals surface area contributed by atoms with Gasteiger partial charge in [-0.2, -0.15) is 4.80 Å². The highest BCUT2D eigenvalue weighted by atomic mass is 16.5. The van der Waals surface area contributed by atoms with Crippen LogP contribution in [0.1, 0.15) is 19.3 Å². The number of ether oxygens (including phenoxy) is 2. The molecule has 0 radical (unpaired) electrons. The van der Waals surface area contributed by atoms with Gasteiger partial charge in [0, 0.05) is 17.7 Å². The van der Waals surface area contributed by atoms with Crippen LogP contribution in [0.2, 0.25) is 0 Å². The van der Waals surface area contributed by atoms with Crippen LogP contribution in [-0.4, -0.2) is 44.2 Å². The van der Waals surface area contributed by atoms with Crippen molar-refractivity contribution >= 4 is 0 Å². The van der Waals surface area contributed by atoms with Gasteiger partial charge in [-0.15, -0.1) is 10.2 Å². The van der Waals surface area contributed by atoms with Crippen molar-refractivity contribution in [1.29, 1.82) is 0 Å². The molecular formula is C22H24N6O4. The lowest BCUT2D eigenvalue weighted by molar-refractivity contribution is 0.355. The molecule has 32 heavy (non-hydrogen) atoms. The minimum absolute atomic E-state index is 0.460. The number of aryl methyl sites for hydroxylation is 1. The summed E-state index contributed by atoms with van der Waals surface area (Å²) in [6.07, 6.45) is 2.52. The van der Waals surface area contributed by atoms with Gasteiger partial charge in [0.2, 0.25) is 5.82 Å². The van der Waals surface area contributed by atoms with Crippen molar-refractivity contribution in [2.24, 2.45) is 0 Å². The molecule has 0 atom stereocenters. The first kappa shape index (κ1) is 21.3. The van der Waals surface area contributed by atoms with Crippen LogP contribution in [0.5, 0.6) is 11.5 Å². The Balaban J connectivity index is 1.33. The maximum atomic E-state index is 12.2. The topological polar surface area (TPSA) is 110 Å². The number of nitrogens with zero attached hydrogens (tertiary/aromatic N) is 6. The third-order valence-electron chi connectivity index (χ3n) is 5.05. The molecule has 0 amide bonds. The molecule has 166 valence electrons. The Kier molecular flexibility index (Phi) is 6.59. The minimum atomic E-state index is -0.486. The van der Waals surface area contributed by atoms with E-state index in [0.29, 0.717) is 41.8 Å². The van der Waals surface area contributed by atoms with E-state index in [2.05, 4.69) is 20.6 Å². The van der Waals surface area contributed by atoms with Gasteiger partial charge in [-0.1, -0.05) is 35.5 Å². The largest absolute Gasteiger partial charge is 0.493 e. The predicted molar refractivity (Wildman–Crippen MR) is 116 cm³/mol.